The van der Waals surface area contributed by atoms with Gasteiger partial charge >= 0.3 is 0 Å². The van der Waals surface area contributed by atoms with Crippen LogP contribution in [0.1, 0.15) is 5.56 Å². The molecule has 138 valence electrons. The zero-order chi connectivity index (χ0) is 18.9. The molecule has 0 aliphatic carbocycles. The van der Waals surface area contributed by atoms with Crippen molar-refractivity contribution in [3.05, 3.63) is 90.2 Å². The summed E-state index contributed by atoms with van der Waals surface area (Å²) in [5.74, 6) is 0.0320. The zero-order valence-corrected chi connectivity index (χ0v) is 14.8. The molecule has 0 aromatic heterocycles. The van der Waals surface area contributed by atoms with Gasteiger partial charge in [-0.2, -0.15) is 0 Å². The standard InChI is InChI=1S/C22H21FN2O2/c23-20-11-4-5-12-21(20)24-16-22(26)25-18-9-6-10-19(15-18)27-14-13-17-7-2-1-3-8-17/h1-12,15,24H,13-14,16H2,(H,25,26). The summed E-state index contributed by atoms with van der Waals surface area (Å²) in [6, 6.07) is 23.6. The van der Waals surface area contributed by atoms with E-state index in [0.29, 0.717) is 23.7 Å². The lowest BCUT2D eigenvalue weighted by atomic mass is 10.2. The van der Waals surface area contributed by atoms with Crippen LogP contribution in [0.15, 0.2) is 78.9 Å². The van der Waals surface area contributed by atoms with Gasteiger partial charge in [0.25, 0.3) is 0 Å². The van der Waals surface area contributed by atoms with Gasteiger partial charge in [-0.25, -0.2) is 4.39 Å². The first-order chi connectivity index (χ1) is 13.2. The maximum Gasteiger partial charge on any atom is 0.243 e. The maximum absolute atomic E-state index is 13.6. The van der Waals surface area contributed by atoms with Gasteiger partial charge in [0.05, 0.1) is 18.8 Å². The predicted octanol–water partition coefficient (Wildman–Crippen LogP) is 4.50. The number of carbonyl (C=O) groups excluding carboxylic acids is 1. The number of para-hydroxylation sites is 1. The van der Waals surface area contributed by atoms with Crippen molar-refractivity contribution in [2.24, 2.45) is 0 Å². The Hall–Kier alpha value is -3.34. The van der Waals surface area contributed by atoms with E-state index in [1.165, 1.54) is 11.6 Å². The molecule has 3 aromatic carbocycles. The van der Waals surface area contributed by atoms with Crippen LogP contribution in [-0.4, -0.2) is 19.1 Å². The van der Waals surface area contributed by atoms with Gasteiger partial charge in [0.1, 0.15) is 11.6 Å². The van der Waals surface area contributed by atoms with Gasteiger partial charge in [-0.3, -0.25) is 4.79 Å². The van der Waals surface area contributed by atoms with Crippen molar-refractivity contribution >= 4 is 17.3 Å². The third kappa shape index (κ3) is 5.85. The number of rotatable bonds is 8. The van der Waals surface area contributed by atoms with E-state index in [1.54, 1.807) is 30.3 Å². The molecule has 0 fully saturated rings. The van der Waals surface area contributed by atoms with Gasteiger partial charge in [0.2, 0.25) is 5.91 Å². The van der Waals surface area contributed by atoms with Crippen LogP contribution in [0.2, 0.25) is 0 Å². The topological polar surface area (TPSA) is 50.4 Å². The van der Waals surface area contributed by atoms with Gasteiger partial charge in [-0.15, -0.1) is 0 Å². The van der Waals surface area contributed by atoms with Crippen molar-refractivity contribution in [2.75, 3.05) is 23.8 Å². The van der Waals surface area contributed by atoms with Crippen LogP contribution < -0.4 is 15.4 Å². The second kappa shape index (κ2) is 9.38. The van der Waals surface area contributed by atoms with Crippen molar-refractivity contribution in [1.82, 2.24) is 0 Å². The third-order valence-corrected chi connectivity index (χ3v) is 3.93. The molecule has 3 aromatic rings. The minimum atomic E-state index is -0.390. The Morgan fingerprint density at radius 1 is 0.926 bits per heavy atom. The van der Waals surface area contributed by atoms with Gasteiger partial charge in [0, 0.05) is 18.2 Å². The highest BCUT2D eigenvalue weighted by Gasteiger charge is 2.06. The molecule has 0 saturated heterocycles. The van der Waals surface area contributed by atoms with E-state index in [0.717, 1.165) is 6.42 Å². The van der Waals surface area contributed by atoms with Crippen molar-refractivity contribution in [3.63, 3.8) is 0 Å². The highest BCUT2D eigenvalue weighted by molar-refractivity contribution is 5.93. The molecule has 4 nitrogen and oxygen atoms in total. The van der Waals surface area contributed by atoms with Crippen LogP contribution in [0.25, 0.3) is 0 Å². The number of halogens is 1. The Morgan fingerprint density at radius 3 is 2.52 bits per heavy atom. The fourth-order valence-corrected chi connectivity index (χ4v) is 2.58. The zero-order valence-electron chi connectivity index (χ0n) is 14.8. The summed E-state index contributed by atoms with van der Waals surface area (Å²) in [4.78, 5) is 12.1. The lowest BCUT2D eigenvalue weighted by Gasteiger charge is -2.10. The highest BCUT2D eigenvalue weighted by atomic mass is 19.1. The van der Waals surface area contributed by atoms with Crippen LogP contribution in [0.5, 0.6) is 5.75 Å². The fourth-order valence-electron chi connectivity index (χ4n) is 2.58. The highest BCUT2D eigenvalue weighted by Crippen LogP contribution is 2.18. The molecule has 27 heavy (non-hydrogen) atoms. The number of hydrogen-bond acceptors (Lipinski definition) is 3. The Morgan fingerprint density at radius 2 is 1.70 bits per heavy atom. The van der Waals surface area contributed by atoms with Crippen LogP contribution in [0.4, 0.5) is 15.8 Å². The summed E-state index contributed by atoms with van der Waals surface area (Å²) in [5, 5.41) is 5.56. The SMILES string of the molecule is O=C(CNc1ccccc1F)Nc1cccc(OCCc2ccccc2)c1. The van der Waals surface area contributed by atoms with Crippen molar-refractivity contribution in [2.45, 2.75) is 6.42 Å². The largest absolute Gasteiger partial charge is 0.493 e. The molecular weight excluding hydrogens is 343 g/mol. The lowest BCUT2D eigenvalue weighted by molar-refractivity contribution is -0.114. The molecule has 1 amide bonds. The number of carbonyl (C=O) groups is 1. The molecular formula is C22H21FN2O2. The molecule has 0 spiro atoms. The molecule has 0 aliphatic heterocycles. The molecule has 0 saturated carbocycles. The van der Waals surface area contributed by atoms with Gasteiger partial charge in [-0.1, -0.05) is 48.5 Å². The number of anilines is 2. The smallest absolute Gasteiger partial charge is 0.243 e. The van der Waals surface area contributed by atoms with Crippen molar-refractivity contribution in [1.29, 1.82) is 0 Å². The summed E-state index contributed by atoms with van der Waals surface area (Å²) in [5.41, 5.74) is 2.14. The summed E-state index contributed by atoms with van der Waals surface area (Å²) in [6.45, 7) is 0.524. The molecule has 0 radical (unpaired) electrons. The van der Waals surface area contributed by atoms with E-state index in [2.05, 4.69) is 22.8 Å². The van der Waals surface area contributed by atoms with Crippen molar-refractivity contribution in [3.8, 4) is 5.75 Å². The molecule has 0 aliphatic rings. The predicted molar refractivity (Wildman–Crippen MR) is 106 cm³/mol. The van der Waals surface area contributed by atoms with E-state index in [4.69, 9.17) is 4.74 Å². The second-order valence-corrected chi connectivity index (χ2v) is 5.99. The number of ether oxygens (including phenoxy) is 1. The first-order valence-electron chi connectivity index (χ1n) is 8.76. The number of nitrogens with one attached hydrogen (secondary N) is 2. The Kier molecular flexibility index (Phi) is 6.41. The van der Waals surface area contributed by atoms with E-state index >= 15 is 0 Å². The average Bonchev–Trinajstić information content (AvgIpc) is 2.68. The number of amides is 1. The summed E-state index contributed by atoms with van der Waals surface area (Å²) < 4.78 is 19.3. The normalized spacial score (nSPS) is 10.3. The average molecular weight is 364 g/mol. The molecule has 5 heteroatoms. The Labute approximate surface area is 158 Å². The molecule has 2 N–H and O–H groups in total. The molecule has 3 rings (SSSR count). The summed E-state index contributed by atoms with van der Waals surface area (Å²) >= 11 is 0. The maximum atomic E-state index is 13.6. The molecule has 0 heterocycles. The van der Waals surface area contributed by atoms with E-state index in [1.807, 2.05) is 30.3 Å². The minimum absolute atomic E-state index is 0.0278. The van der Waals surface area contributed by atoms with Crippen LogP contribution in [-0.2, 0) is 11.2 Å². The van der Waals surface area contributed by atoms with E-state index in [9.17, 15) is 9.18 Å². The Balaban J connectivity index is 1.48. The van der Waals surface area contributed by atoms with Gasteiger partial charge in [-0.05, 0) is 29.8 Å². The lowest BCUT2D eigenvalue weighted by Crippen LogP contribution is -2.22. The van der Waals surface area contributed by atoms with Crippen LogP contribution in [0.3, 0.4) is 0 Å². The fraction of sp³-hybridized carbons (Fsp3) is 0.136. The van der Waals surface area contributed by atoms with Crippen molar-refractivity contribution < 1.29 is 13.9 Å². The Bertz CT molecular complexity index is 884. The summed E-state index contributed by atoms with van der Waals surface area (Å²) in [6.07, 6.45) is 0.810. The van der Waals surface area contributed by atoms with Crippen LogP contribution >= 0.6 is 0 Å². The monoisotopic (exact) mass is 364 g/mol. The molecule has 0 unspecified atom stereocenters. The van der Waals surface area contributed by atoms with Gasteiger partial charge < -0.3 is 15.4 Å². The first kappa shape index (κ1) is 18.5. The van der Waals surface area contributed by atoms with E-state index in [-0.39, 0.29) is 18.3 Å². The number of hydrogen-bond donors (Lipinski definition) is 2. The third-order valence-electron chi connectivity index (χ3n) is 3.93. The van der Waals surface area contributed by atoms with Crippen LogP contribution in [0, 0.1) is 5.82 Å². The first-order valence-corrected chi connectivity index (χ1v) is 8.76. The molecule has 0 bridgehead atoms. The minimum Gasteiger partial charge on any atom is -0.493 e. The second-order valence-electron chi connectivity index (χ2n) is 5.99. The molecule has 0 atom stereocenters. The quantitative estimate of drug-likeness (QED) is 0.619. The van der Waals surface area contributed by atoms with E-state index < -0.39 is 0 Å². The summed E-state index contributed by atoms with van der Waals surface area (Å²) in [7, 11) is 0. The van der Waals surface area contributed by atoms with Gasteiger partial charge in [0.15, 0.2) is 0 Å². The number of benzene rings is 3.